The highest BCUT2D eigenvalue weighted by Gasteiger charge is 2.59. The summed E-state index contributed by atoms with van der Waals surface area (Å²) in [4.78, 5) is 2.43. The minimum absolute atomic E-state index is 0.0425. The molecular formula is C60H107NO7. The van der Waals surface area contributed by atoms with E-state index in [0.29, 0.717) is 76.4 Å². The lowest BCUT2D eigenvalue weighted by Gasteiger charge is -2.58. The topological polar surface area (TPSA) is 67.9 Å². The van der Waals surface area contributed by atoms with Crippen LogP contribution in [0.15, 0.2) is 36.0 Å². The number of ether oxygens (including phenoxy) is 7. The highest BCUT2D eigenvalue weighted by Crippen LogP contribution is 2.67. The van der Waals surface area contributed by atoms with Gasteiger partial charge in [-0.15, -0.1) is 0 Å². The molecule has 4 fully saturated rings. The van der Waals surface area contributed by atoms with E-state index in [1.54, 1.807) is 5.57 Å². The third kappa shape index (κ3) is 20.1. The lowest BCUT2D eigenvalue weighted by Crippen LogP contribution is -2.51. The van der Waals surface area contributed by atoms with E-state index in [2.05, 4.69) is 76.8 Å². The Morgan fingerprint density at radius 3 is 2.07 bits per heavy atom. The first-order valence-electron chi connectivity index (χ1n) is 29.1. The first-order valence-corrected chi connectivity index (χ1v) is 29.1. The van der Waals surface area contributed by atoms with E-state index >= 15 is 0 Å². The number of fused-ring (bicyclic) bond motifs is 5. The van der Waals surface area contributed by atoms with E-state index in [0.717, 1.165) is 94.2 Å². The van der Waals surface area contributed by atoms with Crippen LogP contribution in [0.5, 0.6) is 0 Å². The van der Waals surface area contributed by atoms with Crippen molar-refractivity contribution >= 4 is 0 Å². The number of rotatable bonds is 38. The molecule has 0 radical (unpaired) electrons. The normalized spacial score (nSPS) is 28.6. The average molecular weight is 955 g/mol. The second-order valence-electron chi connectivity index (χ2n) is 22.9. The van der Waals surface area contributed by atoms with Gasteiger partial charge in [0.15, 0.2) is 0 Å². The van der Waals surface area contributed by atoms with Crippen LogP contribution in [0.1, 0.15) is 189 Å². The third-order valence-corrected chi connectivity index (χ3v) is 17.5. The van der Waals surface area contributed by atoms with Crippen molar-refractivity contribution in [2.75, 3.05) is 98.9 Å². The number of morpholine rings is 1. The highest BCUT2D eigenvalue weighted by molar-refractivity contribution is 5.25. The van der Waals surface area contributed by atoms with Crippen molar-refractivity contribution in [3.63, 3.8) is 0 Å². The van der Waals surface area contributed by atoms with E-state index in [-0.39, 0.29) is 6.10 Å². The van der Waals surface area contributed by atoms with Crippen LogP contribution in [0.25, 0.3) is 0 Å². The van der Waals surface area contributed by atoms with Crippen LogP contribution >= 0.6 is 0 Å². The van der Waals surface area contributed by atoms with Crippen molar-refractivity contribution in [2.45, 2.75) is 201 Å². The Hall–Kier alpha value is -1.10. The van der Waals surface area contributed by atoms with Crippen LogP contribution in [0.4, 0.5) is 0 Å². The summed E-state index contributed by atoms with van der Waals surface area (Å²) >= 11 is 0. The number of allylic oxidation sites excluding steroid dienone is 5. The minimum Gasteiger partial charge on any atom is -0.379 e. The fraction of sp³-hybridized carbons (Fsp3) is 0.900. The molecule has 0 aromatic heterocycles. The Morgan fingerprint density at radius 1 is 0.676 bits per heavy atom. The summed E-state index contributed by atoms with van der Waals surface area (Å²) in [7, 11) is 0. The molecule has 0 aromatic rings. The van der Waals surface area contributed by atoms with Gasteiger partial charge in [-0.05, 0) is 136 Å². The van der Waals surface area contributed by atoms with E-state index in [9.17, 15) is 0 Å². The minimum atomic E-state index is 0.0425. The van der Waals surface area contributed by atoms with E-state index < -0.39 is 0 Å². The van der Waals surface area contributed by atoms with Gasteiger partial charge in [-0.3, -0.25) is 4.90 Å². The van der Waals surface area contributed by atoms with Crippen molar-refractivity contribution in [2.24, 2.45) is 46.3 Å². The molecule has 1 saturated heterocycles. The molecule has 5 aliphatic rings. The van der Waals surface area contributed by atoms with Crippen LogP contribution < -0.4 is 0 Å². The Labute approximate surface area is 419 Å². The highest BCUT2D eigenvalue weighted by atomic mass is 16.6. The standard InChI is InChI=1S/C60H107NO7/c1-7-8-9-10-11-12-13-14-15-16-17-18-19-20-21-22-36-66-49-54(48-61-34-37-62-38-35-61)68-46-44-65-42-40-63-39-41-64-43-45-67-53-30-32-59(5)52(47-53)26-27-55-57-29-28-56(51(4)25-23-24-50(2)3)60(57,6)33-31-58(55)59/h11-12,14-15,26,50-51,53-58H,7-10,13,16-25,27-49H2,1-6H3/t51-,53+,54?,55+,56-,57+,58+,59+,60-/m1/s1. The van der Waals surface area contributed by atoms with Gasteiger partial charge in [0.05, 0.1) is 84.9 Å². The zero-order valence-corrected chi connectivity index (χ0v) is 45.2. The summed E-state index contributed by atoms with van der Waals surface area (Å²) in [6.45, 7) is 25.5. The molecule has 0 aromatic carbocycles. The monoisotopic (exact) mass is 954 g/mol. The average Bonchev–Trinajstić information content (AvgIpc) is 3.70. The second-order valence-corrected chi connectivity index (χ2v) is 22.9. The lowest BCUT2D eigenvalue weighted by atomic mass is 9.47. The third-order valence-electron chi connectivity index (χ3n) is 17.5. The molecule has 0 bridgehead atoms. The van der Waals surface area contributed by atoms with Crippen molar-refractivity contribution in [1.82, 2.24) is 4.90 Å². The summed E-state index contributed by atoms with van der Waals surface area (Å²) in [5.41, 5.74) is 2.65. The predicted octanol–water partition coefficient (Wildman–Crippen LogP) is 14.0. The van der Waals surface area contributed by atoms with E-state index in [4.69, 9.17) is 33.2 Å². The first-order chi connectivity index (χ1) is 33.2. The zero-order chi connectivity index (χ0) is 48.1. The SMILES string of the molecule is CCCCCC=CCC=CCCCCCCCCOCC(CN1CCOCC1)OCCOCCOCCOCCO[C@H]1CC[C@@]2(C)C(=CC[C@H]3[C@@H]4CC[C@H]([C@H](C)CCCC(C)C)[C@@]4(C)CC[C@@H]32)C1. The number of hydrogen-bond acceptors (Lipinski definition) is 8. The maximum absolute atomic E-state index is 6.44. The molecule has 5 rings (SSSR count). The zero-order valence-electron chi connectivity index (χ0n) is 45.2. The molecule has 394 valence electrons. The van der Waals surface area contributed by atoms with Crippen LogP contribution in [0.3, 0.4) is 0 Å². The molecule has 1 unspecified atom stereocenters. The maximum atomic E-state index is 6.44. The van der Waals surface area contributed by atoms with Gasteiger partial charge < -0.3 is 33.2 Å². The Kier molecular flexibility index (Phi) is 28.6. The van der Waals surface area contributed by atoms with Crippen LogP contribution in [-0.2, 0) is 33.2 Å². The fourth-order valence-electron chi connectivity index (χ4n) is 13.5. The Morgan fingerprint density at radius 2 is 1.35 bits per heavy atom. The molecule has 0 amide bonds. The van der Waals surface area contributed by atoms with Crippen molar-refractivity contribution in [3.8, 4) is 0 Å². The molecule has 8 nitrogen and oxygen atoms in total. The van der Waals surface area contributed by atoms with Crippen LogP contribution in [0.2, 0.25) is 0 Å². The van der Waals surface area contributed by atoms with E-state index in [1.807, 2.05) is 0 Å². The van der Waals surface area contributed by atoms with Crippen LogP contribution in [0, 0.1) is 46.3 Å². The molecule has 3 saturated carbocycles. The molecule has 0 N–H and O–H groups in total. The largest absolute Gasteiger partial charge is 0.379 e. The summed E-state index contributed by atoms with van der Waals surface area (Å²) in [5.74, 6) is 5.32. The van der Waals surface area contributed by atoms with Crippen molar-refractivity contribution in [3.05, 3.63) is 36.0 Å². The summed E-state index contributed by atoms with van der Waals surface area (Å²) in [5, 5.41) is 0. The van der Waals surface area contributed by atoms with Gasteiger partial charge in [0.1, 0.15) is 0 Å². The molecule has 1 aliphatic heterocycles. The summed E-state index contributed by atoms with van der Waals surface area (Å²) < 4.78 is 42.0. The molecule has 8 heteroatoms. The molecule has 0 spiro atoms. The summed E-state index contributed by atoms with van der Waals surface area (Å²) in [6, 6.07) is 0. The molecule has 9 atom stereocenters. The number of unbranched alkanes of at least 4 members (excludes halogenated alkanes) is 9. The van der Waals surface area contributed by atoms with Crippen molar-refractivity contribution in [1.29, 1.82) is 0 Å². The van der Waals surface area contributed by atoms with Gasteiger partial charge in [-0.2, -0.15) is 0 Å². The second kappa shape index (κ2) is 33.6. The van der Waals surface area contributed by atoms with E-state index in [1.165, 1.54) is 128 Å². The number of hydrogen-bond donors (Lipinski definition) is 0. The predicted molar refractivity (Wildman–Crippen MR) is 282 cm³/mol. The van der Waals surface area contributed by atoms with Gasteiger partial charge in [-0.1, -0.05) is 135 Å². The molecule has 4 aliphatic carbocycles. The Balaban J connectivity index is 0.837. The maximum Gasteiger partial charge on any atom is 0.0936 e. The molecule has 68 heavy (non-hydrogen) atoms. The lowest BCUT2D eigenvalue weighted by molar-refractivity contribution is -0.0706. The smallest absolute Gasteiger partial charge is 0.0936 e. The summed E-state index contributed by atoms with van der Waals surface area (Å²) in [6.07, 6.45) is 42.5. The fourth-order valence-corrected chi connectivity index (χ4v) is 13.5. The molecule has 1 heterocycles. The quantitative estimate of drug-likeness (QED) is 0.0448. The van der Waals surface area contributed by atoms with Gasteiger partial charge >= 0.3 is 0 Å². The van der Waals surface area contributed by atoms with Crippen molar-refractivity contribution < 1.29 is 33.2 Å². The van der Waals surface area contributed by atoms with Crippen LogP contribution in [-0.4, -0.2) is 116 Å². The van der Waals surface area contributed by atoms with Gasteiger partial charge in [0.25, 0.3) is 0 Å². The number of nitrogens with zero attached hydrogens (tertiary/aromatic N) is 1. The molecular weight excluding hydrogens is 847 g/mol. The van der Waals surface area contributed by atoms with Gasteiger partial charge in [0, 0.05) is 26.2 Å². The van der Waals surface area contributed by atoms with Gasteiger partial charge in [-0.25, -0.2) is 0 Å². The Bertz CT molecular complexity index is 1380. The first kappa shape index (κ1) is 57.8. The van der Waals surface area contributed by atoms with Gasteiger partial charge in [0.2, 0.25) is 0 Å².